The van der Waals surface area contributed by atoms with Crippen molar-refractivity contribution in [1.82, 2.24) is 9.97 Å². The molecule has 12 heavy (non-hydrogen) atoms. The predicted molar refractivity (Wildman–Crippen MR) is 41.4 cm³/mol. The molecule has 0 aliphatic rings. The van der Waals surface area contributed by atoms with Gasteiger partial charge in [-0.15, -0.1) is 0 Å². The van der Waals surface area contributed by atoms with E-state index in [1.807, 2.05) is 0 Å². The third kappa shape index (κ3) is 0.887. The van der Waals surface area contributed by atoms with Gasteiger partial charge in [0.05, 0.1) is 0 Å². The number of nitrogens with one attached hydrogen (secondary N) is 1. The minimum atomic E-state index is -0.646. The third-order valence-corrected chi connectivity index (χ3v) is 1.66. The lowest BCUT2D eigenvalue weighted by molar-refractivity contribution is 0.112. The van der Waals surface area contributed by atoms with Crippen molar-refractivity contribution >= 4 is 17.3 Å². The highest BCUT2D eigenvalue weighted by Gasteiger charge is 2.04. The summed E-state index contributed by atoms with van der Waals surface area (Å²) < 4.78 is 12.7. The van der Waals surface area contributed by atoms with Crippen molar-refractivity contribution in [2.75, 3.05) is 0 Å². The van der Waals surface area contributed by atoms with Crippen LogP contribution in [0.15, 0.2) is 18.3 Å². The quantitative estimate of drug-likeness (QED) is 0.513. The molecule has 2 aromatic heterocycles. The highest BCUT2D eigenvalue weighted by Crippen LogP contribution is 2.14. The van der Waals surface area contributed by atoms with Crippen LogP contribution in [0, 0.1) is 5.95 Å². The van der Waals surface area contributed by atoms with Crippen LogP contribution in [0.4, 0.5) is 4.39 Å². The molecule has 0 unspecified atom stereocenters. The zero-order valence-corrected chi connectivity index (χ0v) is 6.04. The van der Waals surface area contributed by atoms with Crippen molar-refractivity contribution < 1.29 is 9.18 Å². The Balaban J connectivity index is 2.88. The Morgan fingerprint density at radius 2 is 2.42 bits per heavy atom. The summed E-state index contributed by atoms with van der Waals surface area (Å²) >= 11 is 0. The summed E-state index contributed by atoms with van der Waals surface area (Å²) in [6.45, 7) is 0. The Labute approximate surface area is 67.2 Å². The molecule has 0 radical (unpaired) electrons. The first kappa shape index (κ1) is 6.97. The Hall–Kier alpha value is -1.71. The van der Waals surface area contributed by atoms with Crippen molar-refractivity contribution in [3.05, 3.63) is 29.8 Å². The highest BCUT2D eigenvalue weighted by molar-refractivity contribution is 5.94. The van der Waals surface area contributed by atoms with E-state index in [9.17, 15) is 9.18 Å². The first-order valence-electron chi connectivity index (χ1n) is 3.40. The predicted octanol–water partition coefficient (Wildman–Crippen LogP) is 1.51. The maximum absolute atomic E-state index is 12.7. The van der Waals surface area contributed by atoms with E-state index in [4.69, 9.17) is 0 Å². The molecular weight excluding hydrogens is 159 g/mol. The second-order valence-electron chi connectivity index (χ2n) is 2.39. The Kier molecular flexibility index (Phi) is 1.40. The summed E-state index contributed by atoms with van der Waals surface area (Å²) in [5.41, 5.74) is 0.718. The molecule has 0 amide bonds. The lowest BCUT2D eigenvalue weighted by atomic mass is 10.2. The van der Waals surface area contributed by atoms with Crippen LogP contribution in [-0.4, -0.2) is 16.3 Å². The zero-order valence-electron chi connectivity index (χ0n) is 6.04. The lowest BCUT2D eigenvalue weighted by Gasteiger charge is -1.93. The number of carbonyl (C=O) groups is 1. The van der Waals surface area contributed by atoms with Crippen molar-refractivity contribution in [2.24, 2.45) is 0 Å². The van der Waals surface area contributed by atoms with Gasteiger partial charge in [0.25, 0.3) is 0 Å². The molecule has 0 spiro atoms. The molecule has 0 fully saturated rings. The minimum Gasteiger partial charge on any atom is -0.346 e. The number of nitrogens with zero attached hydrogens (tertiary/aromatic N) is 1. The molecule has 0 aliphatic carbocycles. The van der Waals surface area contributed by atoms with Crippen molar-refractivity contribution in [3.63, 3.8) is 0 Å². The van der Waals surface area contributed by atoms with E-state index in [-0.39, 0.29) is 0 Å². The fraction of sp³-hybridized carbons (Fsp3) is 0. The zero-order chi connectivity index (χ0) is 8.55. The number of aromatic amines is 1. The Morgan fingerprint density at radius 1 is 1.58 bits per heavy atom. The summed E-state index contributed by atoms with van der Waals surface area (Å²) in [6.07, 6.45) is 2.23. The number of pyridine rings is 1. The average Bonchev–Trinajstić information content (AvgIpc) is 2.50. The second kappa shape index (κ2) is 2.41. The smallest absolute Gasteiger partial charge is 0.215 e. The van der Waals surface area contributed by atoms with Gasteiger partial charge in [-0.2, -0.15) is 4.39 Å². The molecule has 0 aromatic carbocycles. The molecule has 1 N–H and O–H groups in total. The Morgan fingerprint density at radius 3 is 3.17 bits per heavy atom. The van der Waals surface area contributed by atoms with E-state index in [1.54, 1.807) is 12.3 Å². The molecule has 0 saturated carbocycles. The number of aromatic nitrogens is 2. The molecule has 4 heteroatoms. The van der Waals surface area contributed by atoms with Crippen LogP contribution in [0.5, 0.6) is 0 Å². The van der Waals surface area contributed by atoms with E-state index in [2.05, 4.69) is 9.97 Å². The van der Waals surface area contributed by atoms with Gasteiger partial charge in [-0.25, -0.2) is 4.98 Å². The lowest BCUT2D eigenvalue weighted by Crippen LogP contribution is -1.88. The van der Waals surface area contributed by atoms with Crippen LogP contribution < -0.4 is 0 Å². The molecule has 2 heterocycles. The van der Waals surface area contributed by atoms with Crippen molar-refractivity contribution in [1.29, 1.82) is 0 Å². The second-order valence-corrected chi connectivity index (χ2v) is 2.39. The van der Waals surface area contributed by atoms with Crippen LogP contribution >= 0.6 is 0 Å². The number of halogens is 1. The molecule has 0 bridgehead atoms. The third-order valence-electron chi connectivity index (χ3n) is 1.66. The van der Waals surface area contributed by atoms with Gasteiger partial charge in [-0.05, 0) is 6.07 Å². The molecular formula is C8H5FN2O. The van der Waals surface area contributed by atoms with E-state index in [1.165, 1.54) is 0 Å². The average molecular weight is 164 g/mol. The van der Waals surface area contributed by atoms with Crippen molar-refractivity contribution in [2.45, 2.75) is 0 Å². The van der Waals surface area contributed by atoms with Crippen LogP contribution in [0.1, 0.15) is 10.4 Å². The van der Waals surface area contributed by atoms with Crippen LogP contribution in [0.2, 0.25) is 0 Å². The minimum absolute atomic E-state index is 0.318. The van der Waals surface area contributed by atoms with Gasteiger partial charge < -0.3 is 4.98 Å². The number of hydrogen-bond acceptors (Lipinski definition) is 2. The van der Waals surface area contributed by atoms with Crippen molar-refractivity contribution in [3.8, 4) is 0 Å². The summed E-state index contributed by atoms with van der Waals surface area (Å²) in [4.78, 5) is 16.8. The number of H-pyrrole nitrogens is 1. The van der Waals surface area contributed by atoms with Gasteiger partial charge in [-0.1, -0.05) is 0 Å². The van der Waals surface area contributed by atoms with Gasteiger partial charge in [-0.3, -0.25) is 4.79 Å². The fourth-order valence-electron chi connectivity index (χ4n) is 1.13. The maximum atomic E-state index is 12.7. The maximum Gasteiger partial charge on any atom is 0.215 e. The fourth-order valence-corrected chi connectivity index (χ4v) is 1.13. The van der Waals surface area contributed by atoms with Crippen LogP contribution in [0.3, 0.4) is 0 Å². The Bertz CT molecular complexity index is 436. The van der Waals surface area contributed by atoms with E-state index < -0.39 is 5.95 Å². The molecule has 0 saturated heterocycles. The summed E-state index contributed by atoms with van der Waals surface area (Å²) in [7, 11) is 0. The number of carbonyl (C=O) groups excluding carboxylic acids is 1. The van der Waals surface area contributed by atoms with Crippen LogP contribution in [-0.2, 0) is 0 Å². The van der Waals surface area contributed by atoms with E-state index in [0.29, 0.717) is 22.9 Å². The topological polar surface area (TPSA) is 45.8 Å². The molecule has 0 atom stereocenters. The molecule has 60 valence electrons. The number of aldehydes is 1. The normalized spacial score (nSPS) is 10.4. The van der Waals surface area contributed by atoms with Gasteiger partial charge in [0.2, 0.25) is 5.95 Å². The van der Waals surface area contributed by atoms with Gasteiger partial charge in [0, 0.05) is 23.2 Å². The summed E-state index contributed by atoms with van der Waals surface area (Å²) in [5, 5.41) is 0.645. The molecule has 2 aromatic rings. The number of fused-ring (bicyclic) bond motifs is 1. The largest absolute Gasteiger partial charge is 0.346 e. The van der Waals surface area contributed by atoms with Gasteiger partial charge in [0.15, 0.2) is 6.29 Å². The number of rotatable bonds is 1. The SMILES string of the molecule is O=Cc1cc(F)nc2[nH]ccc12. The number of hydrogen-bond donors (Lipinski definition) is 1. The van der Waals surface area contributed by atoms with Gasteiger partial charge in [0.1, 0.15) is 5.65 Å². The van der Waals surface area contributed by atoms with E-state index in [0.717, 1.165) is 6.07 Å². The summed E-state index contributed by atoms with van der Waals surface area (Å²) in [5.74, 6) is -0.646. The highest BCUT2D eigenvalue weighted by atomic mass is 19.1. The first-order chi connectivity index (χ1) is 5.81. The van der Waals surface area contributed by atoms with Gasteiger partial charge >= 0.3 is 0 Å². The van der Waals surface area contributed by atoms with E-state index >= 15 is 0 Å². The standard InChI is InChI=1S/C8H5FN2O/c9-7-3-5(4-12)6-1-2-10-8(6)11-7/h1-4H,(H,10,11). The molecule has 2 rings (SSSR count). The molecule has 3 nitrogen and oxygen atoms in total. The first-order valence-corrected chi connectivity index (χ1v) is 3.40. The molecule has 0 aliphatic heterocycles. The van der Waals surface area contributed by atoms with Crippen LogP contribution in [0.25, 0.3) is 11.0 Å². The monoisotopic (exact) mass is 164 g/mol. The summed E-state index contributed by atoms with van der Waals surface area (Å²) in [6, 6.07) is 2.80.